The Hall–Kier alpha value is -4.03. The molecule has 10 atom stereocenters. The van der Waals surface area contributed by atoms with Crippen LogP contribution in [-0.2, 0) is 47.7 Å². The maximum absolute atomic E-state index is 13.8. The van der Waals surface area contributed by atoms with Crippen LogP contribution in [0.5, 0.6) is 0 Å². The average molecular weight is 712 g/mol. The number of aliphatic hydroxyl groups is 1. The summed E-state index contributed by atoms with van der Waals surface area (Å²) in [5.74, 6) is -4.13. The van der Waals surface area contributed by atoms with Crippen LogP contribution in [0.1, 0.15) is 86.3 Å². The Labute approximate surface area is 300 Å². The maximum atomic E-state index is 13.8. The van der Waals surface area contributed by atoms with Gasteiger partial charge >= 0.3 is 29.8 Å². The summed E-state index contributed by atoms with van der Waals surface area (Å²) in [5.41, 5.74) is 0.598. The Balaban J connectivity index is 1.88. The minimum atomic E-state index is -1.58. The van der Waals surface area contributed by atoms with Crippen molar-refractivity contribution in [3.05, 3.63) is 59.2 Å². The molecule has 12 heteroatoms. The van der Waals surface area contributed by atoms with Crippen LogP contribution < -0.4 is 0 Å². The molecule has 0 saturated heterocycles. The summed E-state index contributed by atoms with van der Waals surface area (Å²) in [7, 11) is 3.50. The average Bonchev–Trinajstić information content (AvgIpc) is 3.01. The van der Waals surface area contributed by atoms with Crippen LogP contribution in [-0.4, -0.2) is 90.6 Å². The lowest BCUT2D eigenvalue weighted by molar-refractivity contribution is -0.213. The van der Waals surface area contributed by atoms with Gasteiger partial charge in [0.05, 0.1) is 11.5 Å². The van der Waals surface area contributed by atoms with E-state index in [-0.39, 0.29) is 12.3 Å². The Morgan fingerprint density at radius 3 is 1.90 bits per heavy atom. The summed E-state index contributed by atoms with van der Waals surface area (Å²) in [6.07, 6.45) is -5.88. The standard InChI is InChI=1S/C39H53NO11/c1-20-28-17-27-18-29(47-22(3)41)21(2)32(38(27,7)8)35(49-24(5)43)36(50-25(6)44)39(28,9)31(48-23(4)42)19-30(20)51-37(46)34(45)33(40(10)11)26-15-13-12-14-16-26/h12-16,27-31,33-36,45H,1,17-19H2,2-11H3/t27-,28+,29-,30-,31-,33+,34+,35+,36-,39+/m0/s1. The van der Waals surface area contributed by atoms with E-state index in [1.54, 1.807) is 19.0 Å². The van der Waals surface area contributed by atoms with Gasteiger partial charge in [0.25, 0.3) is 0 Å². The summed E-state index contributed by atoms with van der Waals surface area (Å²) in [4.78, 5) is 66.3. The van der Waals surface area contributed by atoms with E-state index in [1.807, 2.05) is 58.0 Å². The number of ether oxygens (including phenoxy) is 5. The Kier molecular flexibility index (Phi) is 11.9. The van der Waals surface area contributed by atoms with Gasteiger partial charge < -0.3 is 28.8 Å². The number of hydrogen-bond donors (Lipinski definition) is 1. The first kappa shape index (κ1) is 39.8. The molecule has 51 heavy (non-hydrogen) atoms. The lowest BCUT2D eigenvalue weighted by atomic mass is 9.49. The van der Waals surface area contributed by atoms with Gasteiger partial charge in [-0.2, -0.15) is 0 Å². The van der Waals surface area contributed by atoms with E-state index < -0.39 is 89.3 Å². The fourth-order valence-electron chi connectivity index (χ4n) is 8.87. The van der Waals surface area contributed by atoms with E-state index in [4.69, 9.17) is 23.7 Å². The SMILES string of the molecule is C=C1[C@@H](OC(=O)[C@H](O)[C@@H](c2ccccc2)N(C)C)C[C@H](OC(C)=O)[C@@]2(C)[C@@H]1C[C@H]1C[C@H](OC(C)=O)C(C)=C([C@@H](OC(C)=O)[C@@H]2OC(C)=O)C1(C)C. The zero-order valence-electron chi connectivity index (χ0n) is 31.4. The van der Waals surface area contributed by atoms with E-state index in [0.29, 0.717) is 35.1 Å². The molecule has 3 aliphatic rings. The number of aliphatic hydroxyl groups excluding tert-OH is 1. The fourth-order valence-corrected chi connectivity index (χ4v) is 8.87. The molecule has 4 rings (SSSR count). The third-order valence-corrected chi connectivity index (χ3v) is 11.2. The second kappa shape index (κ2) is 15.3. The number of carbonyl (C=O) groups excluding carboxylic acids is 5. The molecular weight excluding hydrogens is 658 g/mol. The normalized spacial score (nSPS) is 31.2. The van der Waals surface area contributed by atoms with Crippen molar-refractivity contribution in [2.24, 2.45) is 22.7 Å². The quantitative estimate of drug-likeness (QED) is 0.216. The van der Waals surface area contributed by atoms with Gasteiger partial charge in [0.2, 0.25) is 0 Å². The first-order valence-corrected chi connectivity index (χ1v) is 17.4. The minimum absolute atomic E-state index is 0.0610. The highest BCUT2D eigenvalue weighted by Crippen LogP contribution is 2.61. The fraction of sp³-hybridized carbons (Fsp3) is 0.615. The molecule has 0 aromatic heterocycles. The summed E-state index contributed by atoms with van der Waals surface area (Å²) >= 11 is 0. The van der Waals surface area contributed by atoms with Crippen molar-refractivity contribution in [1.82, 2.24) is 4.90 Å². The number of benzene rings is 1. The Morgan fingerprint density at radius 2 is 1.37 bits per heavy atom. The highest BCUT2D eigenvalue weighted by molar-refractivity contribution is 5.76. The van der Waals surface area contributed by atoms with E-state index >= 15 is 0 Å². The molecule has 0 radical (unpaired) electrons. The number of carbonyl (C=O) groups is 5. The molecule has 2 saturated carbocycles. The lowest BCUT2D eigenvalue weighted by Crippen LogP contribution is -2.64. The van der Waals surface area contributed by atoms with Gasteiger partial charge in [0, 0.05) is 34.1 Å². The lowest BCUT2D eigenvalue weighted by Gasteiger charge is -2.59. The van der Waals surface area contributed by atoms with E-state index in [9.17, 15) is 29.1 Å². The van der Waals surface area contributed by atoms with Gasteiger partial charge in [-0.25, -0.2) is 4.79 Å². The molecule has 12 nitrogen and oxygen atoms in total. The molecule has 1 aromatic rings. The number of hydrogen-bond acceptors (Lipinski definition) is 12. The molecule has 0 aliphatic heterocycles. The molecule has 0 heterocycles. The van der Waals surface area contributed by atoms with Crippen LogP contribution in [0.3, 0.4) is 0 Å². The molecule has 0 spiro atoms. The van der Waals surface area contributed by atoms with Crippen LogP contribution in [0.4, 0.5) is 0 Å². The molecule has 280 valence electrons. The van der Waals surface area contributed by atoms with Gasteiger partial charge in [-0.3, -0.25) is 24.1 Å². The summed E-state index contributed by atoms with van der Waals surface area (Å²) in [5, 5.41) is 11.4. The predicted molar refractivity (Wildman–Crippen MR) is 186 cm³/mol. The van der Waals surface area contributed by atoms with Crippen molar-refractivity contribution in [2.75, 3.05) is 14.1 Å². The summed E-state index contributed by atoms with van der Waals surface area (Å²) in [6.45, 7) is 17.2. The zero-order chi connectivity index (χ0) is 38.2. The van der Waals surface area contributed by atoms with Crippen LogP contribution in [0.2, 0.25) is 0 Å². The van der Waals surface area contributed by atoms with E-state index in [2.05, 4.69) is 6.58 Å². The van der Waals surface area contributed by atoms with Crippen molar-refractivity contribution in [3.8, 4) is 0 Å². The summed E-state index contributed by atoms with van der Waals surface area (Å²) < 4.78 is 30.1. The Bertz CT molecular complexity index is 1570. The van der Waals surface area contributed by atoms with Crippen molar-refractivity contribution in [3.63, 3.8) is 0 Å². The van der Waals surface area contributed by atoms with Crippen LogP contribution >= 0.6 is 0 Å². The largest absolute Gasteiger partial charge is 0.462 e. The van der Waals surface area contributed by atoms with Gasteiger partial charge in [0.15, 0.2) is 18.3 Å². The smallest absolute Gasteiger partial charge is 0.337 e. The third-order valence-electron chi connectivity index (χ3n) is 11.2. The van der Waals surface area contributed by atoms with Crippen molar-refractivity contribution >= 4 is 29.8 Å². The number of rotatable bonds is 9. The number of esters is 5. The van der Waals surface area contributed by atoms with Crippen LogP contribution in [0.15, 0.2) is 53.6 Å². The van der Waals surface area contributed by atoms with Crippen molar-refractivity contribution < 1.29 is 52.8 Å². The molecular formula is C39H53NO11. The van der Waals surface area contributed by atoms with Gasteiger partial charge in [-0.1, -0.05) is 57.7 Å². The third kappa shape index (κ3) is 7.91. The van der Waals surface area contributed by atoms with Crippen LogP contribution in [0, 0.1) is 22.7 Å². The van der Waals surface area contributed by atoms with E-state index in [0.717, 1.165) is 0 Å². The van der Waals surface area contributed by atoms with Gasteiger partial charge in [0.1, 0.15) is 18.3 Å². The zero-order valence-corrected chi connectivity index (χ0v) is 31.4. The summed E-state index contributed by atoms with van der Waals surface area (Å²) in [6, 6.07) is 8.37. The number of nitrogens with zero attached hydrogens (tertiary/aromatic N) is 1. The molecule has 0 unspecified atom stereocenters. The minimum Gasteiger partial charge on any atom is -0.462 e. The molecule has 1 aromatic carbocycles. The van der Waals surface area contributed by atoms with Crippen molar-refractivity contribution in [2.45, 2.75) is 117 Å². The van der Waals surface area contributed by atoms with E-state index in [1.165, 1.54) is 27.7 Å². The topological polar surface area (TPSA) is 155 Å². The number of fused-ring (bicyclic) bond motifs is 3. The maximum Gasteiger partial charge on any atom is 0.337 e. The first-order chi connectivity index (χ1) is 23.7. The molecule has 3 aliphatic carbocycles. The Morgan fingerprint density at radius 1 is 0.804 bits per heavy atom. The second-order valence-electron chi connectivity index (χ2n) is 15.2. The van der Waals surface area contributed by atoms with Crippen LogP contribution in [0.25, 0.3) is 0 Å². The van der Waals surface area contributed by atoms with Gasteiger partial charge in [-0.15, -0.1) is 0 Å². The molecule has 2 bridgehead atoms. The van der Waals surface area contributed by atoms with Gasteiger partial charge in [-0.05, 0) is 73.4 Å². The molecule has 0 amide bonds. The second-order valence-corrected chi connectivity index (χ2v) is 15.2. The highest BCUT2D eigenvalue weighted by Gasteiger charge is 2.64. The first-order valence-electron chi connectivity index (χ1n) is 17.4. The molecule has 2 fully saturated rings. The predicted octanol–water partition coefficient (Wildman–Crippen LogP) is 4.64. The highest BCUT2D eigenvalue weighted by atomic mass is 16.6. The van der Waals surface area contributed by atoms with Crippen molar-refractivity contribution in [1.29, 1.82) is 0 Å². The number of likely N-dealkylation sites (N-methyl/N-ethyl adjacent to an activating group) is 1. The monoisotopic (exact) mass is 711 g/mol. The molecule has 1 N–H and O–H groups in total.